The van der Waals surface area contributed by atoms with E-state index in [0.717, 1.165) is 25.7 Å². The molecule has 244 valence electrons. The van der Waals surface area contributed by atoms with Crippen LogP contribution in [0.15, 0.2) is 12.2 Å². The Kier molecular flexibility index (Phi) is 31.3. The van der Waals surface area contributed by atoms with E-state index in [1.54, 1.807) is 6.08 Å². The summed E-state index contributed by atoms with van der Waals surface area (Å²) in [5.41, 5.74) is 0. The van der Waals surface area contributed by atoms with Crippen LogP contribution >= 0.6 is 0 Å². The first kappa shape index (κ1) is 40.1. The van der Waals surface area contributed by atoms with Gasteiger partial charge in [-0.1, -0.05) is 174 Å². The monoisotopic (exact) mass is 582 g/mol. The second-order valence-corrected chi connectivity index (χ2v) is 12.5. The van der Waals surface area contributed by atoms with Gasteiger partial charge in [0, 0.05) is 0 Å². The van der Waals surface area contributed by atoms with E-state index < -0.39 is 18.2 Å². The molecule has 0 radical (unpaired) electrons. The third kappa shape index (κ3) is 29.0. The maximum atomic E-state index is 12.3. The maximum absolute atomic E-state index is 12.3. The van der Waals surface area contributed by atoms with Crippen LogP contribution in [0.4, 0.5) is 0 Å². The fraction of sp³-hybridized carbons (Fsp3) is 0.917. The van der Waals surface area contributed by atoms with Crippen molar-refractivity contribution in [1.29, 1.82) is 0 Å². The van der Waals surface area contributed by atoms with Crippen molar-refractivity contribution >= 4 is 5.91 Å². The molecule has 0 aliphatic rings. The summed E-state index contributed by atoms with van der Waals surface area (Å²) in [6, 6.07) is -0.737. The van der Waals surface area contributed by atoms with Crippen molar-refractivity contribution in [3.63, 3.8) is 0 Å². The molecule has 41 heavy (non-hydrogen) atoms. The smallest absolute Gasteiger partial charge is 0.222 e. The van der Waals surface area contributed by atoms with Crippen molar-refractivity contribution in [2.75, 3.05) is 6.61 Å². The second-order valence-electron chi connectivity index (χ2n) is 12.5. The van der Waals surface area contributed by atoms with Crippen LogP contribution in [0.2, 0.25) is 0 Å². The van der Waals surface area contributed by atoms with Gasteiger partial charge in [0.05, 0.1) is 31.3 Å². The number of nitrogens with one attached hydrogen (secondary N) is 1. The van der Waals surface area contributed by atoms with E-state index >= 15 is 0 Å². The van der Waals surface area contributed by atoms with E-state index in [4.69, 9.17) is 0 Å². The fourth-order valence-electron chi connectivity index (χ4n) is 5.51. The minimum Gasteiger partial charge on any atom is -0.394 e. The zero-order valence-electron chi connectivity index (χ0n) is 27.4. The van der Waals surface area contributed by atoms with Crippen LogP contribution < -0.4 is 5.32 Å². The maximum Gasteiger partial charge on any atom is 0.222 e. The summed E-state index contributed by atoms with van der Waals surface area (Å²) in [6.45, 7) is 4.19. The van der Waals surface area contributed by atoms with Crippen LogP contribution in [-0.4, -0.2) is 46.1 Å². The number of carbonyl (C=O) groups excluding carboxylic acids is 1. The van der Waals surface area contributed by atoms with Gasteiger partial charge >= 0.3 is 0 Å². The highest BCUT2D eigenvalue weighted by Gasteiger charge is 2.20. The number of amides is 1. The van der Waals surface area contributed by atoms with Gasteiger partial charge in [-0.15, -0.1) is 0 Å². The molecule has 5 heteroatoms. The standard InChI is InChI=1S/C36H71NO4/c1-3-5-7-9-11-13-15-16-17-18-20-22-24-26-28-30-35(40)34(32-38)37-36(41)31-33(39)29-27-25-23-21-19-14-12-10-8-6-4-2/h28,30,33-35,38-40H,3-27,29,31-32H2,1-2H3,(H,37,41)/b30-28+. The number of hydrogen-bond donors (Lipinski definition) is 4. The summed E-state index contributed by atoms with van der Waals surface area (Å²) in [5, 5.41) is 33.0. The molecular formula is C36H71NO4. The lowest BCUT2D eigenvalue weighted by molar-refractivity contribution is -0.124. The average Bonchev–Trinajstić information content (AvgIpc) is 2.96. The Labute approximate surface area is 255 Å². The molecule has 0 spiro atoms. The molecule has 4 N–H and O–H groups in total. The number of rotatable bonds is 32. The summed E-state index contributed by atoms with van der Waals surface area (Å²) >= 11 is 0. The number of aliphatic hydroxyl groups excluding tert-OH is 3. The van der Waals surface area contributed by atoms with Crippen molar-refractivity contribution in [3.05, 3.63) is 12.2 Å². The lowest BCUT2D eigenvalue weighted by Crippen LogP contribution is -2.45. The quantitative estimate of drug-likeness (QED) is 0.0471. The van der Waals surface area contributed by atoms with Crippen molar-refractivity contribution in [3.8, 4) is 0 Å². The first-order chi connectivity index (χ1) is 20.0. The average molecular weight is 582 g/mol. The SMILES string of the molecule is CCCCCCCCCCCCCCC/C=C/C(O)C(CO)NC(=O)CC(O)CCCCCCCCCCCCC. The van der Waals surface area contributed by atoms with Gasteiger partial charge in [-0.05, 0) is 19.3 Å². The van der Waals surface area contributed by atoms with Gasteiger partial charge < -0.3 is 20.6 Å². The molecule has 3 unspecified atom stereocenters. The van der Waals surface area contributed by atoms with E-state index in [1.165, 1.54) is 135 Å². The van der Waals surface area contributed by atoms with Gasteiger partial charge in [-0.3, -0.25) is 4.79 Å². The van der Waals surface area contributed by atoms with Crippen molar-refractivity contribution in [1.82, 2.24) is 5.32 Å². The molecule has 0 heterocycles. The molecule has 0 rings (SSSR count). The Morgan fingerprint density at radius 2 is 1.00 bits per heavy atom. The minimum atomic E-state index is -0.922. The molecule has 0 aliphatic carbocycles. The van der Waals surface area contributed by atoms with Crippen LogP contribution in [0, 0.1) is 0 Å². The summed E-state index contributed by atoms with van der Waals surface area (Å²) < 4.78 is 0. The number of aliphatic hydroxyl groups is 3. The molecule has 0 aromatic heterocycles. The Balaban J connectivity index is 3.74. The highest BCUT2D eigenvalue weighted by Crippen LogP contribution is 2.15. The van der Waals surface area contributed by atoms with Crippen LogP contribution in [0.25, 0.3) is 0 Å². The molecule has 0 bridgehead atoms. The van der Waals surface area contributed by atoms with E-state index in [9.17, 15) is 20.1 Å². The molecular weight excluding hydrogens is 510 g/mol. The van der Waals surface area contributed by atoms with Crippen molar-refractivity contribution in [2.45, 2.75) is 205 Å². The highest BCUT2D eigenvalue weighted by molar-refractivity contribution is 5.76. The summed E-state index contributed by atoms with van der Waals surface area (Å²) in [7, 11) is 0. The Morgan fingerprint density at radius 1 is 0.610 bits per heavy atom. The Morgan fingerprint density at radius 3 is 1.41 bits per heavy atom. The molecule has 0 fully saturated rings. The molecule has 1 amide bonds. The lowest BCUT2D eigenvalue weighted by atomic mass is 10.0. The summed E-state index contributed by atoms with van der Waals surface area (Å²) in [6.07, 6.45) is 34.7. The van der Waals surface area contributed by atoms with E-state index in [1.807, 2.05) is 6.08 Å². The summed E-state index contributed by atoms with van der Waals surface area (Å²) in [4.78, 5) is 12.3. The van der Waals surface area contributed by atoms with Gasteiger partial charge in [0.15, 0.2) is 0 Å². The second kappa shape index (κ2) is 32.0. The predicted molar refractivity (Wildman–Crippen MR) is 176 cm³/mol. The third-order valence-electron chi connectivity index (χ3n) is 8.32. The predicted octanol–water partition coefficient (Wildman–Crippen LogP) is 9.31. The zero-order valence-corrected chi connectivity index (χ0v) is 27.4. The van der Waals surface area contributed by atoms with Crippen LogP contribution in [0.1, 0.15) is 187 Å². The number of allylic oxidation sites excluding steroid dienone is 1. The third-order valence-corrected chi connectivity index (χ3v) is 8.32. The van der Waals surface area contributed by atoms with Crippen molar-refractivity contribution < 1.29 is 20.1 Å². The van der Waals surface area contributed by atoms with Crippen LogP contribution in [0.3, 0.4) is 0 Å². The van der Waals surface area contributed by atoms with Gasteiger partial charge in [-0.25, -0.2) is 0 Å². The molecule has 0 saturated carbocycles. The number of carbonyl (C=O) groups is 1. The first-order valence-corrected chi connectivity index (χ1v) is 18.0. The molecule has 0 saturated heterocycles. The van der Waals surface area contributed by atoms with Gasteiger partial charge in [-0.2, -0.15) is 0 Å². The normalized spacial score (nSPS) is 14.0. The highest BCUT2D eigenvalue weighted by atomic mass is 16.3. The van der Waals surface area contributed by atoms with Crippen LogP contribution in [-0.2, 0) is 4.79 Å². The lowest BCUT2D eigenvalue weighted by Gasteiger charge is -2.21. The summed E-state index contributed by atoms with van der Waals surface area (Å²) in [5.74, 6) is -0.316. The fourth-order valence-corrected chi connectivity index (χ4v) is 5.51. The molecule has 0 aliphatic heterocycles. The topological polar surface area (TPSA) is 89.8 Å². The molecule has 0 aromatic carbocycles. The molecule has 5 nitrogen and oxygen atoms in total. The first-order valence-electron chi connectivity index (χ1n) is 18.0. The molecule has 0 aromatic rings. The van der Waals surface area contributed by atoms with Crippen molar-refractivity contribution in [2.24, 2.45) is 0 Å². The van der Waals surface area contributed by atoms with E-state index in [2.05, 4.69) is 19.2 Å². The molecule has 3 atom stereocenters. The number of hydrogen-bond acceptors (Lipinski definition) is 4. The van der Waals surface area contributed by atoms with Gasteiger partial charge in [0.1, 0.15) is 0 Å². The van der Waals surface area contributed by atoms with Gasteiger partial charge in [0.2, 0.25) is 5.91 Å². The largest absolute Gasteiger partial charge is 0.394 e. The Hall–Kier alpha value is -0.910. The van der Waals surface area contributed by atoms with Crippen LogP contribution in [0.5, 0.6) is 0 Å². The zero-order chi connectivity index (χ0) is 30.2. The Bertz CT molecular complexity index is 568. The van der Waals surface area contributed by atoms with E-state index in [-0.39, 0.29) is 18.9 Å². The number of unbranched alkanes of at least 4 members (excludes halogenated alkanes) is 23. The van der Waals surface area contributed by atoms with E-state index in [0.29, 0.717) is 6.42 Å². The van der Waals surface area contributed by atoms with Gasteiger partial charge in [0.25, 0.3) is 0 Å². The minimum absolute atomic E-state index is 0.0175.